The minimum atomic E-state index is -0.179. The second-order valence-electron chi connectivity index (χ2n) is 6.45. The molecule has 0 saturated carbocycles. The monoisotopic (exact) mass is 408 g/mol. The first-order valence-electron chi connectivity index (χ1n) is 8.75. The second-order valence-corrected chi connectivity index (χ2v) is 7.81. The normalized spacial score (nSPS) is 10.9. The Labute approximate surface area is 171 Å². The molecule has 28 heavy (non-hydrogen) atoms. The van der Waals surface area contributed by atoms with E-state index in [9.17, 15) is 9.59 Å². The lowest BCUT2D eigenvalue weighted by Crippen LogP contribution is -2.18. The maximum Gasteiger partial charge on any atom is 0.244 e. The molecule has 4 aromatic rings. The number of fused-ring (bicyclic) bond motifs is 1. The molecular weight excluding hydrogens is 392 g/mol. The van der Waals surface area contributed by atoms with Gasteiger partial charge in [-0.3, -0.25) is 9.59 Å². The van der Waals surface area contributed by atoms with Crippen LogP contribution < -0.4 is 5.32 Å². The molecule has 2 heterocycles. The van der Waals surface area contributed by atoms with E-state index in [1.54, 1.807) is 18.3 Å². The highest BCUT2D eigenvalue weighted by Crippen LogP contribution is 2.26. The summed E-state index contributed by atoms with van der Waals surface area (Å²) in [4.78, 5) is 26.2. The van der Waals surface area contributed by atoms with E-state index in [-0.39, 0.29) is 18.2 Å². The molecule has 4 rings (SSSR count). The van der Waals surface area contributed by atoms with E-state index in [0.29, 0.717) is 21.2 Å². The van der Waals surface area contributed by atoms with E-state index in [4.69, 9.17) is 11.6 Å². The molecule has 6 heteroatoms. The molecule has 4 nitrogen and oxygen atoms in total. The van der Waals surface area contributed by atoms with Crippen LogP contribution in [0.1, 0.15) is 20.8 Å². The summed E-state index contributed by atoms with van der Waals surface area (Å²) >= 11 is 7.54. The Morgan fingerprint density at radius 1 is 1.07 bits per heavy atom. The SMILES string of the molecule is Cc1c(Cl)cccc1NC(=O)Cn1cc(C(=O)c2cccs2)c2ccccc21. The number of halogens is 1. The number of anilines is 1. The van der Waals surface area contributed by atoms with Crippen LogP contribution in [0.4, 0.5) is 5.69 Å². The Balaban J connectivity index is 1.65. The van der Waals surface area contributed by atoms with Gasteiger partial charge in [0.2, 0.25) is 11.7 Å². The minimum absolute atomic E-state index is 0.0314. The number of hydrogen-bond donors (Lipinski definition) is 1. The molecule has 0 bridgehead atoms. The van der Waals surface area contributed by atoms with Gasteiger partial charge in [-0.2, -0.15) is 0 Å². The van der Waals surface area contributed by atoms with E-state index in [1.807, 2.05) is 59.3 Å². The van der Waals surface area contributed by atoms with Crippen molar-refractivity contribution in [3.05, 3.63) is 87.2 Å². The van der Waals surface area contributed by atoms with Crippen LogP contribution in [-0.4, -0.2) is 16.3 Å². The first-order valence-corrected chi connectivity index (χ1v) is 10.0. The van der Waals surface area contributed by atoms with E-state index < -0.39 is 0 Å². The van der Waals surface area contributed by atoms with Crippen molar-refractivity contribution in [2.24, 2.45) is 0 Å². The molecule has 140 valence electrons. The van der Waals surface area contributed by atoms with Crippen molar-refractivity contribution in [3.63, 3.8) is 0 Å². The fourth-order valence-electron chi connectivity index (χ4n) is 3.19. The number of rotatable bonds is 5. The number of benzene rings is 2. The average molecular weight is 409 g/mol. The molecule has 0 aliphatic carbocycles. The molecule has 0 spiro atoms. The maximum absolute atomic E-state index is 12.9. The van der Waals surface area contributed by atoms with Crippen LogP contribution in [0.2, 0.25) is 5.02 Å². The summed E-state index contributed by atoms with van der Waals surface area (Å²) < 4.78 is 1.81. The highest BCUT2D eigenvalue weighted by Gasteiger charge is 2.18. The molecule has 0 aliphatic rings. The van der Waals surface area contributed by atoms with E-state index >= 15 is 0 Å². The number of carbonyl (C=O) groups excluding carboxylic acids is 2. The summed E-state index contributed by atoms with van der Waals surface area (Å²) in [5, 5.41) is 6.23. The molecule has 2 aromatic heterocycles. The van der Waals surface area contributed by atoms with Gasteiger partial charge in [0.25, 0.3) is 0 Å². The van der Waals surface area contributed by atoms with E-state index in [1.165, 1.54) is 11.3 Å². The molecule has 0 fully saturated rings. The smallest absolute Gasteiger partial charge is 0.244 e. The fourth-order valence-corrected chi connectivity index (χ4v) is 4.04. The quantitative estimate of drug-likeness (QED) is 0.441. The summed E-state index contributed by atoms with van der Waals surface area (Å²) in [6, 6.07) is 16.7. The Bertz CT molecular complexity index is 1180. The molecule has 1 N–H and O–H groups in total. The summed E-state index contributed by atoms with van der Waals surface area (Å²) in [5.74, 6) is -0.211. The predicted octanol–water partition coefficient (Wildman–Crippen LogP) is 5.53. The topological polar surface area (TPSA) is 51.1 Å². The Kier molecular flexibility index (Phi) is 5.03. The largest absolute Gasteiger partial charge is 0.337 e. The number of nitrogens with one attached hydrogen (secondary N) is 1. The van der Waals surface area contributed by atoms with Gasteiger partial charge < -0.3 is 9.88 Å². The van der Waals surface area contributed by atoms with Gasteiger partial charge >= 0.3 is 0 Å². The lowest BCUT2D eigenvalue weighted by atomic mass is 10.1. The number of para-hydroxylation sites is 1. The number of thiophene rings is 1. The lowest BCUT2D eigenvalue weighted by Gasteiger charge is -2.10. The molecule has 1 amide bonds. The molecular formula is C22H17ClN2O2S. The summed E-state index contributed by atoms with van der Waals surface area (Å²) in [7, 11) is 0. The number of nitrogens with zero attached hydrogens (tertiary/aromatic N) is 1. The van der Waals surface area contributed by atoms with Gasteiger partial charge in [0.05, 0.1) is 4.88 Å². The van der Waals surface area contributed by atoms with Gasteiger partial charge in [-0.05, 0) is 42.1 Å². The number of carbonyl (C=O) groups is 2. The van der Waals surface area contributed by atoms with Gasteiger partial charge in [-0.25, -0.2) is 0 Å². The Morgan fingerprint density at radius 2 is 1.89 bits per heavy atom. The predicted molar refractivity (Wildman–Crippen MR) is 115 cm³/mol. The third-order valence-corrected chi connectivity index (χ3v) is 5.91. The highest BCUT2D eigenvalue weighted by atomic mass is 35.5. The van der Waals surface area contributed by atoms with Gasteiger partial charge in [-0.15, -0.1) is 11.3 Å². The van der Waals surface area contributed by atoms with Crippen LogP contribution >= 0.6 is 22.9 Å². The summed E-state index contributed by atoms with van der Waals surface area (Å²) in [5.41, 5.74) is 2.96. The summed E-state index contributed by atoms with van der Waals surface area (Å²) in [6.45, 7) is 1.96. The zero-order valence-electron chi connectivity index (χ0n) is 15.1. The molecule has 0 aliphatic heterocycles. The zero-order chi connectivity index (χ0) is 19.7. The van der Waals surface area contributed by atoms with Gasteiger partial charge in [-0.1, -0.05) is 41.9 Å². The first-order chi connectivity index (χ1) is 13.5. The van der Waals surface area contributed by atoms with Crippen LogP contribution in [0.15, 0.2) is 66.2 Å². The Morgan fingerprint density at radius 3 is 2.68 bits per heavy atom. The molecule has 0 radical (unpaired) electrons. The minimum Gasteiger partial charge on any atom is -0.337 e. The van der Waals surface area contributed by atoms with Gasteiger partial charge in [0, 0.05) is 33.4 Å². The van der Waals surface area contributed by atoms with Crippen LogP contribution in [0.5, 0.6) is 0 Å². The van der Waals surface area contributed by atoms with Crippen LogP contribution in [-0.2, 0) is 11.3 Å². The standard InChI is InChI=1S/C22H17ClN2O2S/c1-14-17(23)7-4-8-18(14)24-21(26)13-25-12-16(15-6-2-3-9-19(15)25)22(27)20-10-5-11-28-20/h2-12H,13H2,1H3,(H,24,26). The van der Waals surface area contributed by atoms with Crippen molar-refractivity contribution >= 4 is 51.2 Å². The van der Waals surface area contributed by atoms with Crippen molar-refractivity contribution < 1.29 is 9.59 Å². The van der Waals surface area contributed by atoms with E-state index in [2.05, 4.69) is 5.32 Å². The van der Waals surface area contributed by atoms with Crippen LogP contribution in [0.25, 0.3) is 10.9 Å². The van der Waals surface area contributed by atoms with Crippen LogP contribution in [0, 0.1) is 6.92 Å². The number of ketones is 1. The third-order valence-electron chi connectivity index (χ3n) is 4.63. The van der Waals surface area contributed by atoms with Crippen molar-refractivity contribution in [3.8, 4) is 0 Å². The van der Waals surface area contributed by atoms with Gasteiger partial charge in [0.15, 0.2) is 0 Å². The maximum atomic E-state index is 12.9. The van der Waals surface area contributed by atoms with Crippen LogP contribution in [0.3, 0.4) is 0 Å². The third kappa shape index (κ3) is 3.46. The average Bonchev–Trinajstić information content (AvgIpc) is 3.34. The fraction of sp³-hybridized carbons (Fsp3) is 0.0909. The highest BCUT2D eigenvalue weighted by molar-refractivity contribution is 7.12. The summed E-state index contributed by atoms with van der Waals surface area (Å²) in [6.07, 6.45) is 1.76. The van der Waals surface area contributed by atoms with E-state index in [0.717, 1.165) is 16.5 Å². The molecule has 2 aromatic carbocycles. The number of amides is 1. The molecule has 0 atom stereocenters. The lowest BCUT2D eigenvalue weighted by molar-refractivity contribution is -0.116. The number of hydrogen-bond acceptors (Lipinski definition) is 3. The molecule has 0 saturated heterocycles. The second kappa shape index (κ2) is 7.62. The number of aromatic nitrogens is 1. The first kappa shape index (κ1) is 18.5. The van der Waals surface area contributed by atoms with Crippen molar-refractivity contribution in [1.82, 2.24) is 4.57 Å². The van der Waals surface area contributed by atoms with Crippen molar-refractivity contribution in [1.29, 1.82) is 0 Å². The van der Waals surface area contributed by atoms with Gasteiger partial charge in [0.1, 0.15) is 6.54 Å². The molecule has 0 unspecified atom stereocenters. The Hall–Kier alpha value is -2.89. The van der Waals surface area contributed by atoms with Crippen molar-refractivity contribution in [2.45, 2.75) is 13.5 Å². The van der Waals surface area contributed by atoms with Crippen molar-refractivity contribution in [2.75, 3.05) is 5.32 Å². The zero-order valence-corrected chi connectivity index (χ0v) is 16.7.